The zero-order valence-corrected chi connectivity index (χ0v) is 13.1. The molecule has 2 N–H and O–H groups in total. The molecule has 0 aliphatic rings. The molecule has 0 saturated carbocycles. The lowest BCUT2D eigenvalue weighted by Gasteiger charge is -2.10. The second kappa shape index (κ2) is 6.87. The summed E-state index contributed by atoms with van der Waals surface area (Å²) in [7, 11) is 0. The highest BCUT2D eigenvalue weighted by Crippen LogP contribution is 2.33. The van der Waals surface area contributed by atoms with Crippen molar-refractivity contribution in [2.24, 2.45) is 0 Å². The van der Waals surface area contributed by atoms with Crippen LogP contribution in [0.5, 0.6) is 5.75 Å². The first-order valence-corrected chi connectivity index (χ1v) is 7.87. The molecule has 0 bridgehead atoms. The smallest absolute Gasteiger partial charge is 0.123 e. The number of rotatable bonds is 5. The Kier molecular flexibility index (Phi) is 5.16. The first-order chi connectivity index (χ1) is 9.20. The Labute approximate surface area is 126 Å². The number of anilines is 1. The highest BCUT2D eigenvalue weighted by atomic mass is 79.9. The molecule has 2 aromatic rings. The Hall–Kier alpha value is -1.13. The number of nitrogens with two attached hydrogens (primary N) is 1. The summed E-state index contributed by atoms with van der Waals surface area (Å²) >= 11 is 5.30. The van der Waals surface area contributed by atoms with E-state index in [9.17, 15) is 0 Å². The molecule has 0 spiro atoms. The van der Waals surface area contributed by atoms with Gasteiger partial charge < -0.3 is 10.5 Å². The summed E-state index contributed by atoms with van der Waals surface area (Å²) in [5.74, 6) is 1.84. The molecule has 0 aromatic heterocycles. The van der Waals surface area contributed by atoms with Gasteiger partial charge in [0.2, 0.25) is 0 Å². The topological polar surface area (TPSA) is 35.2 Å². The third-order valence-electron chi connectivity index (χ3n) is 2.61. The van der Waals surface area contributed by atoms with Crippen molar-refractivity contribution in [1.29, 1.82) is 0 Å². The first kappa shape index (κ1) is 14.3. The minimum atomic E-state index is 0.688. The molecule has 0 fully saturated rings. The van der Waals surface area contributed by atoms with E-state index in [2.05, 4.69) is 22.0 Å². The van der Waals surface area contributed by atoms with E-state index < -0.39 is 0 Å². The largest absolute Gasteiger partial charge is 0.494 e. The highest BCUT2D eigenvalue weighted by molar-refractivity contribution is 9.10. The van der Waals surface area contributed by atoms with Gasteiger partial charge in [0.15, 0.2) is 0 Å². The molecule has 0 radical (unpaired) electrons. The van der Waals surface area contributed by atoms with Crippen molar-refractivity contribution in [2.45, 2.75) is 17.6 Å². The fraction of sp³-hybridized carbons (Fsp3) is 0.200. The number of benzene rings is 2. The van der Waals surface area contributed by atoms with Gasteiger partial charge in [-0.1, -0.05) is 18.2 Å². The molecule has 2 nitrogen and oxygen atoms in total. The van der Waals surface area contributed by atoms with Gasteiger partial charge in [-0.25, -0.2) is 0 Å². The molecule has 2 rings (SSSR count). The molecule has 0 unspecified atom stereocenters. The van der Waals surface area contributed by atoms with E-state index >= 15 is 0 Å². The predicted octanol–water partition coefficient (Wildman–Crippen LogP) is 4.72. The predicted molar refractivity (Wildman–Crippen MR) is 85.7 cm³/mol. The fourth-order valence-corrected chi connectivity index (χ4v) is 3.36. The van der Waals surface area contributed by atoms with E-state index in [1.54, 1.807) is 11.8 Å². The zero-order chi connectivity index (χ0) is 13.7. The Morgan fingerprint density at radius 2 is 2.00 bits per heavy atom. The lowest BCUT2D eigenvalue weighted by atomic mass is 10.2. The number of ether oxygens (including phenoxy) is 1. The van der Waals surface area contributed by atoms with Crippen LogP contribution in [-0.2, 0) is 5.75 Å². The monoisotopic (exact) mass is 337 g/mol. The molecule has 0 amide bonds. The van der Waals surface area contributed by atoms with Gasteiger partial charge in [-0.2, -0.15) is 0 Å². The molecule has 0 atom stereocenters. The quantitative estimate of drug-likeness (QED) is 0.633. The lowest BCUT2D eigenvalue weighted by molar-refractivity contribution is 0.337. The Morgan fingerprint density at radius 1 is 1.21 bits per heavy atom. The average molecular weight is 338 g/mol. The highest BCUT2D eigenvalue weighted by Gasteiger charge is 2.05. The summed E-state index contributed by atoms with van der Waals surface area (Å²) in [6, 6.07) is 14.0. The van der Waals surface area contributed by atoms with E-state index in [4.69, 9.17) is 10.5 Å². The van der Waals surface area contributed by atoms with Crippen molar-refractivity contribution in [2.75, 3.05) is 12.3 Å². The second-order valence-electron chi connectivity index (χ2n) is 4.02. The van der Waals surface area contributed by atoms with Gasteiger partial charge in [-0.05, 0) is 47.1 Å². The van der Waals surface area contributed by atoms with Gasteiger partial charge in [-0.3, -0.25) is 0 Å². The molecule has 2 aromatic carbocycles. The summed E-state index contributed by atoms with van der Waals surface area (Å²) in [6.07, 6.45) is 0. The molecule has 0 aliphatic carbocycles. The minimum Gasteiger partial charge on any atom is -0.494 e. The first-order valence-electron chi connectivity index (χ1n) is 6.09. The summed E-state index contributed by atoms with van der Waals surface area (Å²) in [5.41, 5.74) is 7.72. The van der Waals surface area contributed by atoms with Crippen LogP contribution in [0.1, 0.15) is 12.5 Å². The maximum atomic E-state index is 5.74. The maximum Gasteiger partial charge on any atom is 0.123 e. The molecular formula is C15H16BrNOS. The van der Waals surface area contributed by atoms with Crippen molar-refractivity contribution in [1.82, 2.24) is 0 Å². The molecule has 0 saturated heterocycles. The van der Waals surface area contributed by atoms with Crippen LogP contribution < -0.4 is 10.5 Å². The van der Waals surface area contributed by atoms with Crippen LogP contribution in [-0.4, -0.2) is 6.61 Å². The third-order valence-corrected chi connectivity index (χ3v) is 4.65. The normalized spacial score (nSPS) is 10.4. The number of nitrogen functional groups attached to an aromatic ring is 1. The van der Waals surface area contributed by atoms with Crippen LogP contribution >= 0.6 is 27.7 Å². The summed E-state index contributed by atoms with van der Waals surface area (Å²) in [6.45, 7) is 2.69. The molecule has 0 aliphatic heterocycles. The van der Waals surface area contributed by atoms with Crippen molar-refractivity contribution in [3.8, 4) is 5.75 Å². The van der Waals surface area contributed by atoms with Crippen LogP contribution in [0, 0.1) is 0 Å². The van der Waals surface area contributed by atoms with E-state index in [1.807, 2.05) is 43.3 Å². The summed E-state index contributed by atoms with van der Waals surface area (Å²) in [4.78, 5) is 1.18. The van der Waals surface area contributed by atoms with Gasteiger partial charge in [0.05, 0.1) is 6.61 Å². The van der Waals surface area contributed by atoms with Crippen molar-refractivity contribution in [3.05, 3.63) is 52.5 Å². The molecule has 19 heavy (non-hydrogen) atoms. The van der Waals surface area contributed by atoms with Gasteiger partial charge in [0.25, 0.3) is 0 Å². The SMILES string of the molecule is CCOc1ccccc1CSc1ccc(N)cc1Br. The van der Waals surface area contributed by atoms with Gasteiger partial charge in [0, 0.05) is 26.4 Å². The fourth-order valence-electron chi connectivity index (χ4n) is 1.71. The summed E-state index contributed by atoms with van der Waals surface area (Å²) < 4.78 is 6.66. The molecular weight excluding hydrogens is 322 g/mol. The maximum absolute atomic E-state index is 5.74. The Balaban J connectivity index is 2.10. The van der Waals surface area contributed by atoms with Crippen LogP contribution in [0.25, 0.3) is 0 Å². The van der Waals surface area contributed by atoms with E-state index in [0.29, 0.717) is 6.61 Å². The van der Waals surface area contributed by atoms with Crippen LogP contribution in [0.4, 0.5) is 5.69 Å². The number of para-hydroxylation sites is 1. The zero-order valence-electron chi connectivity index (χ0n) is 10.7. The minimum absolute atomic E-state index is 0.688. The number of hydrogen-bond acceptors (Lipinski definition) is 3. The lowest BCUT2D eigenvalue weighted by Crippen LogP contribution is -1.95. The number of halogens is 1. The van der Waals surface area contributed by atoms with Gasteiger partial charge in [0.1, 0.15) is 5.75 Å². The summed E-state index contributed by atoms with van der Waals surface area (Å²) in [5, 5.41) is 0. The standard InChI is InChI=1S/C15H16BrNOS/c1-2-18-14-6-4-3-5-11(14)10-19-15-8-7-12(17)9-13(15)16/h3-9H,2,10,17H2,1H3. The van der Waals surface area contributed by atoms with Gasteiger partial charge >= 0.3 is 0 Å². The molecule has 4 heteroatoms. The average Bonchev–Trinajstić information content (AvgIpc) is 2.40. The van der Waals surface area contributed by atoms with E-state index in [1.165, 1.54) is 10.5 Å². The van der Waals surface area contributed by atoms with Crippen LogP contribution in [0.2, 0.25) is 0 Å². The Bertz CT molecular complexity index is 560. The van der Waals surface area contributed by atoms with Crippen molar-refractivity contribution in [3.63, 3.8) is 0 Å². The molecule has 100 valence electrons. The van der Waals surface area contributed by atoms with Crippen LogP contribution in [0.3, 0.4) is 0 Å². The van der Waals surface area contributed by atoms with Crippen molar-refractivity contribution < 1.29 is 4.74 Å². The third kappa shape index (κ3) is 3.91. The number of hydrogen-bond donors (Lipinski definition) is 1. The Morgan fingerprint density at radius 3 is 2.74 bits per heavy atom. The van der Waals surface area contributed by atoms with Crippen LogP contribution in [0.15, 0.2) is 51.8 Å². The number of thioether (sulfide) groups is 1. The second-order valence-corrected chi connectivity index (χ2v) is 5.89. The van der Waals surface area contributed by atoms with E-state index in [-0.39, 0.29) is 0 Å². The molecule has 0 heterocycles. The van der Waals surface area contributed by atoms with E-state index in [0.717, 1.165) is 21.7 Å². The van der Waals surface area contributed by atoms with Gasteiger partial charge in [-0.15, -0.1) is 11.8 Å². The van der Waals surface area contributed by atoms with Crippen molar-refractivity contribution >= 4 is 33.4 Å².